The van der Waals surface area contributed by atoms with Gasteiger partial charge in [-0.2, -0.15) is 0 Å². The number of hydrogen-bond donors (Lipinski definition) is 13. The first-order chi connectivity index (χ1) is 58.3. The number of carbonyl (C=O) groups excluding carboxylic acids is 10. The number of amides is 10. The number of imidazole rings is 3. The Hall–Kier alpha value is -12.4. The summed E-state index contributed by atoms with van der Waals surface area (Å²) in [6.07, 6.45) is 7.77. The number of rotatable bonds is 50. The molecule has 41 heteroatoms. The van der Waals surface area contributed by atoms with E-state index in [-0.39, 0.29) is 146 Å². The maximum absolute atomic E-state index is 13.5. The lowest BCUT2D eigenvalue weighted by atomic mass is 9.88. The minimum absolute atomic E-state index is 0.00213. The third kappa shape index (κ3) is 29.2. The van der Waals surface area contributed by atoms with Gasteiger partial charge in [-0.3, -0.25) is 53.4 Å². The Kier molecular flexibility index (Phi) is 36.2. The molecule has 0 saturated carbocycles. The summed E-state index contributed by atoms with van der Waals surface area (Å²) in [4.78, 5) is 144. The third-order valence-electron chi connectivity index (χ3n) is 18.4. The molecular weight excluding hydrogens is 1590 g/mol. The molecule has 40 nitrogen and oxygen atoms in total. The van der Waals surface area contributed by atoms with Gasteiger partial charge in [-0.15, -0.1) is 0 Å². The first-order valence-corrected chi connectivity index (χ1v) is 39.5. The molecule has 0 aliphatic carbocycles. The van der Waals surface area contributed by atoms with Crippen molar-refractivity contribution in [1.29, 1.82) is 5.41 Å². The SMILES string of the molecule is CC(=O)N1c2ccc(-c3ccc(C(=O)NCCOCCOCCOCCOCCOCCOCCOCCOCCNC(=O)c4nc(NC(=O)CCNC(=O)c5c(NC(=O)c6nc(NC(=O)CCNC(=O)c7cc(NC(=O)c8nc(NC(=O)CCNC(=N)N)cn8C)cn7C)cn6C)ccn5C)cn4C)cc3)cc2[C@H](Nc2ccc(Cl)cc2)C[C@@H]1C. The topological polar surface area (TPSA) is 493 Å². The normalized spacial score (nSPS) is 12.9. The van der Waals surface area contributed by atoms with Crippen LogP contribution in [0.15, 0.2) is 110 Å². The Balaban J connectivity index is 0.527. The van der Waals surface area contributed by atoms with E-state index in [0.29, 0.717) is 110 Å². The molecule has 0 saturated heterocycles. The lowest BCUT2D eigenvalue weighted by Gasteiger charge is -2.39. The maximum atomic E-state index is 13.5. The Bertz CT molecular complexity index is 4850. The number of fused-ring (bicyclic) bond motifs is 1. The highest BCUT2D eigenvalue weighted by Gasteiger charge is 2.33. The minimum Gasteiger partial charge on any atom is -0.378 e. The second-order valence-corrected chi connectivity index (χ2v) is 28.1. The Morgan fingerprint density at radius 1 is 0.446 bits per heavy atom. The number of carbonyl (C=O) groups is 10. The summed E-state index contributed by atoms with van der Waals surface area (Å²) in [7, 11) is 7.87. The van der Waals surface area contributed by atoms with Gasteiger partial charge in [0.15, 0.2) is 23.4 Å². The Labute approximate surface area is 703 Å². The van der Waals surface area contributed by atoms with Crippen LogP contribution >= 0.6 is 11.6 Å². The van der Waals surface area contributed by atoms with Crippen molar-refractivity contribution < 1.29 is 85.8 Å². The minimum atomic E-state index is -0.709. The van der Waals surface area contributed by atoms with Crippen molar-refractivity contribution in [1.82, 2.24) is 64.4 Å². The standard InChI is InChI=1S/C80H105ClN22O18/c1-51-44-61(89-57-15-13-56(81)14-16-57)59-45-55(12-17-62(59)103(51)52(2)104)53-8-10-54(11-9-53)74(108)86-25-28-114-30-32-116-34-36-118-38-40-120-42-43-121-41-39-119-37-35-117-33-31-115-29-26-87-77(111)71-95-64(48-100(71)5)92-68(106)19-23-85-76(110)70-60(21-27-98(70)3)91-79(113)73-97-66(50-102(73)7)93-67(105)18-22-84-75(109)63-46-58(47-99(63)4)90-78(112)72-96-65(49-101(72)6)94-69(107)20-24-88-80(82)83/h8-17,21,27,45-51,61,89H,18-20,22-26,28-44H2,1-7H3,(H,84,109)(H,85,110)(H,86,108)(H,87,111)(H,90,112)(H,91,113)(H,92,106)(H,93,105)(H,94,107)(H4,82,83,88)/t51-,61+/m0/s1. The fourth-order valence-corrected chi connectivity index (χ4v) is 12.7. The van der Waals surface area contributed by atoms with Gasteiger partial charge in [0, 0.05) is 153 Å². The van der Waals surface area contributed by atoms with Gasteiger partial charge in [0.05, 0.1) is 123 Å². The van der Waals surface area contributed by atoms with Gasteiger partial charge in [-0.25, -0.2) is 15.0 Å². The van der Waals surface area contributed by atoms with Crippen molar-refractivity contribution in [2.45, 2.75) is 51.6 Å². The number of aromatic nitrogens is 8. The van der Waals surface area contributed by atoms with Gasteiger partial charge in [-0.1, -0.05) is 29.8 Å². The number of nitrogens with zero attached hydrogens (tertiary/aromatic N) is 9. The molecule has 2 atom stereocenters. The number of anilines is 7. The number of nitrogens with one attached hydrogen (secondary N) is 12. The zero-order valence-electron chi connectivity index (χ0n) is 68.6. The molecule has 3 aromatic carbocycles. The van der Waals surface area contributed by atoms with Crippen LogP contribution in [0.25, 0.3) is 11.1 Å². The van der Waals surface area contributed by atoms with Crippen LogP contribution in [-0.4, -0.2) is 247 Å². The number of hydrogen-bond acceptors (Lipinski definition) is 23. The van der Waals surface area contributed by atoms with E-state index < -0.39 is 47.3 Å². The molecule has 6 heterocycles. The van der Waals surface area contributed by atoms with E-state index in [1.54, 1.807) is 53.4 Å². The molecule has 0 unspecified atom stereocenters. The number of ether oxygens (including phenoxy) is 8. The summed E-state index contributed by atoms with van der Waals surface area (Å²) < 4.78 is 51.8. The van der Waals surface area contributed by atoms with Crippen molar-refractivity contribution in [3.05, 3.63) is 155 Å². The predicted molar refractivity (Wildman–Crippen MR) is 449 cm³/mol. The molecule has 8 aromatic rings. The van der Waals surface area contributed by atoms with Gasteiger partial charge in [-0.05, 0) is 90.7 Å². The van der Waals surface area contributed by atoms with Crippen molar-refractivity contribution in [3.8, 4) is 11.1 Å². The second-order valence-electron chi connectivity index (χ2n) is 27.7. The van der Waals surface area contributed by atoms with Gasteiger partial charge >= 0.3 is 0 Å². The van der Waals surface area contributed by atoms with Crippen LogP contribution in [0.2, 0.25) is 5.02 Å². The molecule has 0 spiro atoms. The molecule has 1 aliphatic rings. The molecule has 650 valence electrons. The van der Waals surface area contributed by atoms with Crippen molar-refractivity contribution in [2.75, 3.05) is 175 Å². The number of guanidine groups is 1. The monoisotopic (exact) mass is 1700 g/mol. The highest BCUT2D eigenvalue weighted by Crippen LogP contribution is 2.41. The molecule has 0 fully saturated rings. The summed E-state index contributed by atoms with van der Waals surface area (Å²) in [5.41, 5.74) is 11.2. The van der Waals surface area contributed by atoms with Crippen LogP contribution in [0.5, 0.6) is 0 Å². The predicted octanol–water partition coefficient (Wildman–Crippen LogP) is 4.31. The van der Waals surface area contributed by atoms with E-state index in [1.807, 2.05) is 53.4 Å². The first-order valence-electron chi connectivity index (χ1n) is 39.1. The second kappa shape index (κ2) is 47.4. The lowest BCUT2D eigenvalue weighted by Crippen LogP contribution is -2.43. The quantitative estimate of drug-likeness (QED) is 0.0143. The molecule has 0 radical (unpaired) electrons. The van der Waals surface area contributed by atoms with E-state index >= 15 is 0 Å². The first kappa shape index (κ1) is 92.5. The van der Waals surface area contributed by atoms with E-state index in [4.69, 9.17) is 60.6 Å². The molecule has 121 heavy (non-hydrogen) atoms. The maximum Gasteiger partial charge on any atom is 0.291 e. The summed E-state index contributed by atoms with van der Waals surface area (Å²) in [5.74, 6) is -4.74. The van der Waals surface area contributed by atoms with Crippen LogP contribution < -0.4 is 69.1 Å². The number of aryl methyl sites for hydroxylation is 5. The largest absolute Gasteiger partial charge is 0.378 e. The summed E-state index contributed by atoms with van der Waals surface area (Å²) in [5, 5.41) is 38.1. The smallest absolute Gasteiger partial charge is 0.291 e. The molecule has 14 N–H and O–H groups in total. The molecular formula is C80H105ClN22O18. The zero-order valence-corrected chi connectivity index (χ0v) is 69.3. The average Bonchev–Trinajstić information content (AvgIpc) is 1.76. The fraction of sp³-hybridized carbons (Fsp3) is 0.425. The summed E-state index contributed by atoms with van der Waals surface area (Å²) >= 11 is 6.14. The van der Waals surface area contributed by atoms with Crippen LogP contribution in [0.1, 0.15) is 114 Å². The van der Waals surface area contributed by atoms with E-state index in [2.05, 4.69) is 86.4 Å². The van der Waals surface area contributed by atoms with Crippen LogP contribution in [0, 0.1) is 5.41 Å². The van der Waals surface area contributed by atoms with E-state index in [9.17, 15) is 47.9 Å². The number of nitrogens with two attached hydrogens (primary N) is 1. The molecule has 9 rings (SSSR count). The fourth-order valence-electron chi connectivity index (χ4n) is 12.5. The van der Waals surface area contributed by atoms with Gasteiger partial charge < -0.3 is 130 Å². The summed E-state index contributed by atoms with van der Waals surface area (Å²) in [6.45, 7) is 9.90. The van der Waals surface area contributed by atoms with Gasteiger partial charge in [0.25, 0.3) is 35.4 Å². The van der Waals surface area contributed by atoms with Gasteiger partial charge in [0.1, 0.15) is 11.4 Å². The third-order valence-corrected chi connectivity index (χ3v) is 18.6. The molecule has 5 aromatic heterocycles. The Morgan fingerprint density at radius 3 is 1.36 bits per heavy atom. The van der Waals surface area contributed by atoms with Gasteiger partial charge in [0.2, 0.25) is 41.1 Å². The van der Waals surface area contributed by atoms with Crippen molar-refractivity contribution in [2.24, 2.45) is 41.0 Å². The number of benzene rings is 3. The average molecular weight is 1700 g/mol. The highest BCUT2D eigenvalue weighted by atomic mass is 35.5. The molecule has 1 aliphatic heterocycles. The van der Waals surface area contributed by atoms with Crippen molar-refractivity contribution >= 4 is 117 Å². The summed E-state index contributed by atoms with van der Waals surface area (Å²) in [6, 6.07) is 24.1. The highest BCUT2D eigenvalue weighted by molar-refractivity contribution is 6.30. The number of halogens is 1. The van der Waals surface area contributed by atoms with E-state index in [1.165, 1.54) is 66.8 Å². The Morgan fingerprint density at radius 2 is 0.876 bits per heavy atom. The lowest BCUT2D eigenvalue weighted by molar-refractivity contribution is -0.117. The molecule has 0 bridgehead atoms. The van der Waals surface area contributed by atoms with Crippen LogP contribution in [-0.2, 0) is 92.3 Å². The zero-order chi connectivity index (χ0) is 86.7. The molecule has 10 amide bonds. The van der Waals surface area contributed by atoms with Crippen LogP contribution in [0.4, 0.5) is 40.2 Å². The van der Waals surface area contributed by atoms with Crippen molar-refractivity contribution in [3.63, 3.8) is 0 Å². The van der Waals surface area contributed by atoms with Crippen LogP contribution in [0.3, 0.4) is 0 Å². The van der Waals surface area contributed by atoms with E-state index in [0.717, 1.165) is 34.5 Å².